The molecule has 0 saturated carbocycles. The minimum Gasteiger partial charge on any atom is -0.321 e. The van der Waals surface area contributed by atoms with Crippen LogP contribution in [0, 0.1) is 0 Å². The highest BCUT2D eigenvalue weighted by Gasteiger charge is 2.31. The van der Waals surface area contributed by atoms with Gasteiger partial charge in [-0.05, 0) is 19.4 Å². The number of hydrogen-bond donors (Lipinski definition) is 2. The predicted octanol–water partition coefficient (Wildman–Crippen LogP) is -0.650. The van der Waals surface area contributed by atoms with E-state index in [9.17, 15) is 4.79 Å². The SMILES string of the molecule is NNC(=O)N1CCN2CCCC2C1. The lowest BCUT2D eigenvalue weighted by Crippen LogP contribution is -2.55. The molecule has 5 heteroatoms. The molecule has 5 nitrogen and oxygen atoms in total. The van der Waals surface area contributed by atoms with Crippen LogP contribution in [-0.2, 0) is 0 Å². The molecule has 2 saturated heterocycles. The monoisotopic (exact) mass is 184 g/mol. The number of amides is 2. The van der Waals surface area contributed by atoms with Crippen LogP contribution in [0.2, 0.25) is 0 Å². The zero-order valence-corrected chi connectivity index (χ0v) is 7.70. The van der Waals surface area contributed by atoms with E-state index in [-0.39, 0.29) is 6.03 Å². The van der Waals surface area contributed by atoms with E-state index in [1.165, 1.54) is 19.4 Å². The van der Waals surface area contributed by atoms with Gasteiger partial charge in [0.15, 0.2) is 0 Å². The predicted molar refractivity (Wildman–Crippen MR) is 48.9 cm³/mol. The second kappa shape index (κ2) is 3.51. The largest absolute Gasteiger partial charge is 0.331 e. The van der Waals surface area contributed by atoms with Gasteiger partial charge in [-0.1, -0.05) is 0 Å². The van der Waals surface area contributed by atoms with Crippen molar-refractivity contribution in [1.82, 2.24) is 15.2 Å². The van der Waals surface area contributed by atoms with E-state index in [0.29, 0.717) is 6.04 Å². The summed E-state index contributed by atoms with van der Waals surface area (Å²) in [7, 11) is 0. The molecule has 2 fully saturated rings. The Morgan fingerprint density at radius 3 is 3.00 bits per heavy atom. The highest BCUT2D eigenvalue weighted by atomic mass is 16.2. The summed E-state index contributed by atoms with van der Waals surface area (Å²) in [6.07, 6.45) is 2.48. The van der Waals surface area contributed by atoms with Crippen LogP contribution < -0.4 is 11.3 Å². The number of carbonyl (C=O) groups is 1. The van der Waals surface area contributed by atoms with Crippen molar-refractivity contribution in [3.8, 4) is 0 Å². The molecule has 3 N–H and O–H groups in total. The molecule has 1 atom stereocenters. The van der Waals surface area contributed by atoms with Gasteiger partial charge in [0.25, 0.3) is 0 Å². The first-order valence-electron chi connectivity index (χ1n) is 4.81. The summed E-state index contributed by atoms with van der Waals surface area (Å²) < 4.78 is 0. The first-order chi connectivity index (χ1) is 6.31. The van der Waals surface area contributed by atoms with E-state index in [2.05, 4.69) is 10.3 Å². The third kappa shape index (κ3) is 1.62. The smallest absolute Gasteiger partial charge is 0.321 e. The molecular formula is C8H16N4O. The van der Waals surface area contributed by atoms with Crippen LogP contribution in [0.4, 0.5) is 4.79 Å². The van der Waals surface area contributed by atoms with Crippen LogP contribution >= 0.6 is 0 Å². The standard InChI is InChI=1S/C8H16N4O/c9-10-8(13)12-5-4-11-3-1-2-7(11)6-12/h7H,1-6,9H2,(H,10,13). The van der Waals surface area contributed by atoms with Gasteiger partial charge >= 0.3 is 6.03 Å². The molecule has 0 radical (unpaired) electrons. The van der Waals surface area contributed by atoms with Crippen LogP contribution in [0.15, 0.2) is 0 Å². The Morgan fingerprint density at radius 1 is 1.38 bits per heavy atom. The number of hydrogen-bond acceptors (Lipinski definition) is 3. The van der Waals surface area contributed by atoms with Gasteiger partial charge in [0.05, 0.1) is 0 Å². The fourth-order valence-electron chi connectivity index (χ4n) is 2.27. The lowest BCUT2D eigenvalue weighted by atomic mass is 10.2. The number of piperazine rings is 1. The molecule has 0 aliphatic carbocycles. The van der Waals surface area contributed by atoms with Crippen molar-refractivity contribution in [2.75, 3.05) is 26.2 Å². The number of nitrogens with one attached hydrogen (secondary N) is 1. The van der Waals surface area contributed by atoms with E-state index in [4.69, 9.17) is 5.84 Å². The number of rotatable bonds is 0. The maximum absolute atomic E-state index is 11.2. The molecule has 2 aliphatic rings. The van der Waals surface area contributed by atoms with E-state index < -0.39 is 0 Å². The van der Waals surface area contributed by atoms with Gasteiger partial charge in [0.1, 0.15) is 0 Å². The van der Waals surface area contributed by atoms with E-state index in [1.807, 2.05) is 0 Å². The summed E-state index contributed by atoms with van der Waals surface area (Å²) in [4.78, 5) is 15.5. The van der Waals surface area contributed by atoms with Gasteiger partial charge in [0, 0.05) is 25.7 Å². The normalized spacial score (nSPS) is 28.7. The Bertz CT molecular complexity index is 208. The molecule has 2 heterocycles. The quantitative estimate of drug-likeness (QED) is 0.299. The average molecular weight is 184 g/mol. The van der Waals surface area contributed by atoms with Crippen LogP contribution in [0.3, 0.4) is 0 Å². The number of urea groups is 1. The van der Waals surface area contributed by atoms with E-state index in [0.717, 1.165) is 19.6 Å². The van der Waals surface area contributed by atoms with Crippen LogP contribution in [-0.4, -0.2) is 48.1 Å². The van der Waals surface area contributed by atoms with Crippen molar-refractivity contribution < 1.29 is 4.79 Å². The van der Waals surface area contributed by atoms with Gasteiger partial charge in [-0.3, -0.25) is 10.3 Å². The van der Waals surface area contributed by atoms with Crippen molar-refractivity contribution >= 4 is 6.03 Å². The topological polar surface area (TPSA) is 61.6 Å². The second-order valence-electron chi connectivity index (χ2n) is 3.73. The molecule has 0 aromatic carbocycles. The minimum absolute atomic E-state index is 0.147. The summed E-state index contributed by atoms with van der Waals surface area (Å²) in [5.41, 5.74) is 2.18. The molecule has 0 bridgehead atoms. The molecule has 0 aromatic rings. The molecule has 74 valence electrons. The third-order valence-corrected chi connectivity index (χ3v) is 3.00. The summed E-state index contributed by atoms with van der Waals surface area (Å²) in [5, 5.41) is 0. The summed E-state index contributed by atoms with van der Waals surface area (Å²) in [6.45, 7) is 3.84. The molecule has 0 aromatic heterocycles. The Kier molecular flexibility index (Phi) is 2.37. The van der Waals surface area contributed by atoms with Gasteiger partial charge in [-0.25, -0.2) is 10.6 Å². The van der Waals surface area contributed by atoms with Crippen molar-refractivity contribution in [1.29, 1.82) is 0 Å². The van der Waals surface area contributed by atoms with Gasteiger partial charge in [0.2, 0.25) is 0 Å². The first kappa shape index (κ1) is 8.77. The van der Waals surface area contributed by atoms with Crippen molar-refractivity contribution in [2.24, 2.45) is 5.84 Å². The summed E-state index contributed by atoms with van der Waals surface area (Å²) in [5.74, 6) is 5.09. The third-order valence-electron chi connectivity index (χ3n) is 3.00. The lowest BCUT2D eigenvalue weighted by molar-refractivity contribution is 0.117. The fourth-order valence-corrected chi connectivity index (χ4v) is 2.27. The van der Waals surface area contributed by atoms with Gasteiger partial charge in [-0.2, -0.15) is 0 Å². The molecule has 0 spiro atoms. The Hall–Kier alpha value is -0.810. The molecular weight excluding hydrogens is 168 g/mol. The number of fused-ring (bicyclic) bond motifs is 1. The fraction of sp³-hybridized carbons (Fsp3) is 0.875. The average Bonchev–Trinajstić information content (AvgIpc) is 2.63. The number of hydrazine groups is 1. The van der Waals surface area contributed by atoms with Crippen LogP contribution in [0.25, 0.3) is 0 Å². The lowest BCUT2D eigenvalue weighted by Gasteiger charge is -2.36. The van der Waals surface area contributed by atoms with E-state index >= 15 is 0 Å². The molecule has 1 unspecified atom stereocenters. The maximum atomic E-state index is 11.2. The second-order valence-corrected chi connectivity index (χ2v) is 3.73. The zero-order chi connectivity index (χ0) is 9.26. The first-order valence-corrected chi connectivity index (χ1v) is 4.81. The van der Waals surface area contributed by atoms with Gasteiger partial charge < -0.3 is 4.90 Å². The highest BCUT2D eigenvalue weighted by Crippen LogP contribution is 2.21. The summed E-state index contributed by atoms with van der Waals surface area (Å²) >= 11 is 0. The van der Waals surface area contributed by atoms with Crippen LogP contribution in [0.5, 0.6) is 0 Å². The molecule has 2 rings (SSSR count). The van der Waals surface area contributed by atoms with Crippen molar-refractivity contribution in [2.45, 2.75) is 18.9 Å². The van der Waals surface area contributed by atoms with Crippen molar-refractivity contribution in [3.63, 3.8) is 0 Å². The summed E-state index contributed by atoms with van der Waals surface area (Å²) in [6, 6.07) is 0.428. The number of nitrogens with two attached hydrogens (primary N) is 1. The Labute approximate surface area is 77.8 Å². The maximum Gasteiger partial charge on any atom is 0.331 e. The van der Waals surface area contributed by atoms with E-state index in [1.54, 1.807) is 4.90 Å². The van der Waals surface area contributed by atoms with Crippen LogP contribution in [0.1, 0.15) is 12.8 Å². The number of carbonyl (C=O) groups excluding carboxylic acids is 1. The Balaban J connectivity index is 1.93. The highest BCUT2D eigenvalue weighted by molar-refractivity contribution is 5.73. The molecule has 2 amide bonds. The zero-order valence-electron chi connectivity index (χ0n) is 7.70. The molecule has 13 heavy (non-hydrogen) atoms. The minimum atomic E-state index is -0.147. The Morgan fingerprint density at radius 2 is 2.23 bits per heavy atom. The van der Waals surface area contributed by atoms with Crippen molar-refractivity contribution in [3.05, 3.63) is 0 Å². The van der Waals surface area contributed by atoms with Gasteiger partial charge in [-0.15, -0.1) is 0 Å². The molecule has 2 aliphatic heterocycles. The number of nitrogens with zero attached hydrogens (tertiary/aromatic N) is 2.